The van der Waals surface area contributed by atoms with Crippen molar-refractivity contribution in [1.82, 2.24) is 10.3 Å². The van der Waals surface area contributed by atoms with Gasteiger partial charge in [0.05, 0.1) is 12.8 Å². The lowest BCUT2D eigenvalue weighted by molar-refractivity contribution is 0.414. The smallest absolute Gasteiger partial charge is 0.256 e. The van der Waals surface area contributed by atoms with Gasteiger partial charge >= 0.3 is 0 Å². The van der Waals surface area contributed by atoms with E-state index in [0.717, 1.165) is 28.2 Å². The summed E-state index contributed by atoms with van der Waals surface area (Å²) >= 11 is 1.62. The molecule has 5 heteroatoms. The average Bonchev–Trinajstić information content (AvgIpc) is 2.79. The van der Waals surface area contributed by atoms with Gasteiger partial charge in [0.25, 0.3) is 5.22 Å². The minimum absolute atomic E-state index is 0.249. The summed E-state index contributed by atoms with van der Waals surface area (Å²) in [7, 11) is 3.63. The minimum atomic E-state index is 0.249. The van der Waals surface area contributed by atoms with E-state index in [2.05, 4.69) is 22.4 Å². The number of rotatable bonds is 6. The lowest BCUT2D eigenvalue weighted by Crippen LogP contribution is -2.18. The lowest BCUT2D eigenvalue weighted by Gasteiger charge is -2.15. The summed E-state index contributed by atoms with van der Waals surface area (Å²) in [5.41, 5.74) is 2.18. The molecule has 0 fully saturated rings. The second kappa shape index (κ2) is 6.81. The van der Waals surface area contributed by atoms with Crippen LogP contribution in [0.4, 0.5) is 0 Å². The molecule has 1 unspecified atom stereocenters. The molecule has 1 N–H and O–H groups in total. The Morgan fingerprint density at radius 2 is 2.00 bits per heavy atom. The fourth-order valence-electron chi connectivity index (χ4n) is 1.84. The summed E-state index contributed by atoms with van der Waals surface area (Å²) in [6.45, 7) is 3.90. The van der Waals surface area contributed by atoms with Gasteiger partial charge in [-0.05, 0) is 38.6 Å². The second-order valence-electron chi connectivity index (χ2n) is 4.55. The molecule has 1 aromatic carbocycles. The van der Waals surface area contributed by atoms with E-state index in [1.54, 1.807) is 18.9 Å². The molecule has 0 aliphatic heterocycles. The molecule has 1 aromatic heterocycles. The first-order chi connectivity index (χ1) is 9.63. The van der Waals surface area contributed by atoms with E-state index < -0.39 is 0 Å². The van der Waals surface area contributed by atoms with Crippen LogP contribution in [0.2, 0.25) is 0 Å². The molecule has 0 aliphatic rings. The second-order valence-corrected chi connectivity index (χ2v) is 5.52. The highest BCUT2D eigenvalue weighted by Gasteiger charge is 2.13. The van der Waals surface area contributed by atoms with E-state index in [4.69, 9.17) is 9.15 Å². The monoisotopic (exact) mass is 292 g/mol. The van der Waals surface area contributed by atoms with E-state index in [1.165, 1.54) is 5.56 Å². The van der Waals surface area contributed by atoms with Crippen LogP contribution in [0.5, 0.6) is 5.75 Å². The third-order valence-corrected chi connectivity index (χ3v) is 4.17. The Morgan fingerprint density at radius 1 is 1.30 bits per heavy atom. The van der Waals surface area contributed by atoms with Gasteiger partial charge in [0, 0.05) is 11.8 Å². The first kappa shape index (κ1) is 14.9. The van der Waals surface area contributed by atoms with Gasteiger partial charge in [-0.15, -0.1) is 0 Å². The molecule has 0 bridgehead atoms. The first-order valence-corrected chi connectivity index (χ1v) is 7.50. The van der Waals surface area contributed by atoms with Gasteiger partial charge in [-0.3, -0.25) is 0 Å². The van der Waals surface area contributed by atoms with Crippen molar-refractivity contribution >= 4 is 11.8 Å². The Kier molecular flexibility index (Phi) is 5.09. The van der Waals surface area contributed by atoms with Gasteiger partial charge in [0.15, 0.2) is 0 Å². The number of nitrogens with one attached hydrogen (secondary N) is 1. The SMILES string of the molecule is CNC(CSc1nc(C)c(C)o1)c1ccc(OC)cc1. The van der Waals surface area contributed by atoms with Crippen LogP contribution in [0.25, 0.3) is 0 Å². The Labute approximate surface area is 123 Å². The number of methoxy groups -OCH3 is 1. The third-order valence-electron chi connectivity index (χ3n) is 3.25. The standard InChI is InChI=1S/C15H20N2O2S/c1-10-11(2)19-15(17-10)20-9-14(16-3)12-5-7-13(18-4)8-6-12/h5-8,14,16H,9H2,1-4H3. The number of aromatic nitrogens is 1. The predicted molar refractivity (Wildman–Crippen MR) is 81.5 cm³/mol. The zero-order chi connectivity index (χ0) is 14.5. The van der Waals surface area contributed by atoms with Gasteiger partial charge < -0.3 is 14.5 Å². The zero-order valence-electron chi connectivity index (χ0n) is 12.3. The highest BCUT2D eigenvalue weighted by Crippen LogP contribution is 2.26. The van der Waals surface area contributed by atoms with E-state index in [9.17, 15) is 0 Å². The third kappa shape index (κ3) is 3.55. The maximum atomic E-state index is 5.59. The van der Waals surface area contributed by atoms with E-state index in [-0.39, 0.29) is 6.04 Å². The largest absolute Gasteiger partial charge is 0.497 e. The molecule has 2 aromatic rings. The van der Waals surface area contributed by atoms with E-state index >= 15 is 0 Å². The number of hydrogen-bond donors (Lipinski definition) is 1. The summed E-state index contributed by atoms with van der Waals surface area (Å²) < 4.78 is 10.8. The predicted octanol–water partition coefficient (Wildman–Crippen LogP) is 3.35. The highest BCUT2D eigenvalue weighted by molar-refractivity contribution is 7.99. The van der Waals surface area contributed by atoms with Crippen LogP contribution in [0.3, 0.4) is 0 Å². The van der Waals surface area contributed by atoms with Gasteiger partial charge in [-0.1, -0.05) is 23.9 Å². The van der Waals surface area contributed by atoms with Crippen LogP contribution in [-0.2, 0) is 0 Å². The van der Waals surface area contributed by atoms with Crippen LogP contribution < -0.4 is 10.1 Å². The Bertz CT molecular complexity index is 532. The number of hydrogen-bond acceptors (Lipinski definition) is 5. The lowest BCUT2D eigenvalue weighted by atomic mass is 10.1. The van der Waals surface area contributed by atoms with Crippen LogP contribution in [0.15, 0.2) is 33.9 Å². The average molecular weight is 292 g/mol. The Morgan fingerprint density at radius 3 is 2.50 bits per heavy atom. The summed E-state index contributed by atoms with van der Waals surface area (Å²) in [6.07, 6.45) is 0. The van der Waals surface area contributed by atoms with Crippen molar-refractivity contribution < 1.29 is 9.15 Å². The molecule has 0 radical (unpaired) electrons. The summed E-state index contributed by atoms with van der Waals surface area (Å²) in [5.74, 6) is 2.62. The quantitative estimate of drug-likeness (QED) is 0.827. The zero-order valence-corrected chi connectivity index (χ0v) is 13.1. The summed E-state index contributed by atoms with van der Waals surface area (Å²) in [6, 6.07) is 8.35. The Balaban J connectivity index is 2.00. The topological polar surface area (TPSA) is 47.3 Å². The molecule has 108 valence electrons. The highest BCUT2D eigenvalue weighted by atomic mass is 32.2. The molecule has 1 atom stereocenters. The molecule has 0 spiro atoms. The summed E-state index contributed by atoms with van der Waals surface area (Å²) in [4.78, 5) is 4.39. The minimum Gasteiger partial charge on any atom is -0.497 e. The number of oxazole rings is 1. The van der Waals surface area contributed by atoms with Crippen LogP contribution in [-0.4, -0.2) is 24.9 Å². The maximum absolute atomic E-state index is 5.59. The van der Waals surface area contributed by atoms with Crippen LogP contribution in [0, 0.1) is 13.8 Å². The van der Waals surface area contributed by atoms with Crippen molar-refractivity contribution in [2.24, 2.45) is 0 Å². The number of benzene rings is 1. The number of nitrogens with zero attached hydrogens (tertiary/aromatic N) is 1. The van der Waals surface area contributed by atoms with Crippen molar-refractivity contribution in [1.29, 1.82) is 0 Å². The van der Waals surface area contributed by atoms with Crippen molar-refractivity contribution in [3.63, 3.8) is 0 Å². The summed E-state index contributed by atoms with van der Waals surface area (Å²) in [5, 5.41) is 4.05. The molecule has 0 saturated heterocycles. The fraction of sp³-hybridized carbons (Fsp3) is 0.400. The molecule has 0 amide bonds. The maximum Gasteiger partial charge on any atom is 0.256 e. The molecule has 4 nitrogen and oxygen atoms in total. The molecule has 20 heavy (non-hydrogen) atoms. The molecular weight excluding hydrogens is 272 g/mol. The van der Waals surface area contributed by atoms with Crippen LogP contribution >= 0.6 is 11.8 Å². The van der Waals surface area contributed by atoms with Gasteiger partial charge in [-0.25, -0.2) is 4.98 Å². The van der Waals surface area contributed by atoms with Crippen LogP contribution in [0.1, 0.15) is 23.1 Å². The van der Waals surface area contributed by atoms with Gasteiger partial charge in [0.2, 0.25) is 0 Å². The van der Waals surface area contributed by atoms with E-state index in [1.807, 2.05) is 33.0 Å². The first-order valence-electron chi connectivity index (χ1n) is 6.52. The van der Waals surface area contributed by atoms with E-state index in [0.29, 0.717) is 0 Å². The number of aryl methyl sites for hydroxylation is 2. The molecule has 0 saturated carbocycles. The fourth-order valence-corrected chi connectivity index (χ4v) is 2.90. The van der Waals surface area contributed by atoms with Crippen molar-refractivity contribution in [3.8, 4) is 5.75 Å². The normalized spacial score (nSPS) is 12.4. The number of thioether (sulfide) groups is 1. The number of ether oxygens (including phenoxy) is 1. The van der Waals surface area contributed by atoms with Crippen molar-refractivity contribution in [2.45, 2.75) is 25.1 Å². The molecule has 2 rings (SSSR count). The van der Waals surface area contributed by atoms with Crippen molar-refractivity contribution in [2.75, 3.05) is 19.9 Å². The molecule has 0 aliphatic carbocycles. The molecular formula is C15H20N2O2S. The van der Waals surface area contributed by atoms with Gasteiger partial charge in [0.1, 0.15) is 11.5 Å². The van der Waals surface area contributed by atoms with Gasteiger partial charge in [-0.2, -0.15) is 0 Å². The van der Waals surface area contributed by atoms with Crippen molar-refractivity contribution in [3.05, 3.63) is 41.3 Å². The Hall–Kier alpha value is -1.46. The molecule has 1 heterocycles.